The largest absolute Gasteiger partial charge is 0.420 e. The van der Waals surface area contributed by atoms with Crippen LogP contribution in [0.15, 0.2) is 42.5 Å². The van der Waals surface area contributed by atoms with Crippen molar-refractivity contribution in [3.05, 3.63) is 55.4 Å². The number of pyridine rings is 1. The van der Waals surface area contributed by atoms with Crippen molar-refractivity contribution in [3.63, 3.8) is 0 Å². The molecule has 0 N–H and O–H groups in total. The number of rotatable bonds is 2. The molecule has 1 heterocycles. The smallest absolute Gasteiger partial charge is 0.343 e. The zero-order chi connectivity index (χ0) is 12.3. The molecule has 0 amide bonds. The topological polar surface area (TPSA) is 39.2 Å². The molecule has 17 heavy (non-hydrogen) atoms. The standard InChI is InChI=1S/C12H7I2NO2/c13-10-7-6-9(11(14)15-10)17-12(16)8-4-2-1-3-5-8/h1-7H. The van der Waals surface area contributed by atoms with Gasteiger partial charge in [-0.3, -0.25) is 0 Å². The van der Waals surface area contributed by atoms with E-state index in [1.807, 2.05) is 28.7 Å². The predicted molar refractivity (Wildman–Crippen MR) is 81.1 cm³/mol. The fraction of sp³-hybridized carbons (Fsp3) is 0. The van der Waals surface area contributed by atoms with Gasteiger partial charge in [0.05, 0.1) is 5.56 Å². The quantitative estimate of drug-likeness (QED) is 0.399. The number of benzene rings is 1. The highest BCUT2D eigenvalue weighted by molar-refractivity contribution is 14.1. The van der Waals surface area contributed by atoms with Gasteiger partial charge in [-0.2, -0.15) is 0 Å². The number of nitrogens with zero attached hydrogens (tertiary/aromatic N) is 1. The molecule has 0 saturated heterocycles. The minimum Gasteiger partial charge on any atom is -0.420 e. The molecule has 0 atom stereocenters. The van der Waals surface area contributed by atoms with E-state index in [2.05, 4.69) is 27.6 Å². The fourth-order valence-corrected chi connectivity index (χ4v) is 2.64. The summed E-state index contributed by atoms with van der Waals surface area (Å²) < 4.78 is 6.82. The molecule has 0 aliphatic heterocycles. The fourth-order valence-electron chi connectivity index (χ4n) is 1.21. The van der Waals surface area contributed by atoms with Crippen molar-refractivity contribution in [2.75, 3.05) is 0 Å². The lowest BCUT2D eigenvalue weighted by atomic mass is 10.2. The molecule has 0 unspecified atom stereocenters. The van der Waals surface area contributed by atoms with Gasteiger partial charge >= 0.3 is 5.97 Å². The van der Waals surface area contributed by atoms with Crippen LogP contribution in [0.1, 0.15) is 10.4 Å². The van der Waals surface area contributed by atoms with Gasteiger partial charge in [0.1, 0.15) is 7.40 Å². The lowest BCUT2D eigenvalue weighted by molar-refractivity contribution is 0.0732. The van der Waals surface area contributed by atoms with E-state index in [0.717, 1.165) is 3.70 Å². The third-order valence-corrected chi connectivity index (χ3v) is 3.37. The molecule has 2 rings (SSSR count). The Labute approximate surface area is 126 Å². The number of hydrogen-bond donors (Lipinski definition) is 0. The Morgan fingerprint density at radius 3 is 2.41 bits per heavy atom. The number of carbonyl (C=O) groups excluding carboxylic acids is 1. The molecule has 86 valence electrons. The maximum Gasteiger partial charge on any atom is 0.343 e. The van der Waals surface area contributed by atoms with Crippen molar-refractivity contribution < 1.29 is 9.53 Å². The van der Waals surface area contributed by atoms with Crippen LogP contribution in [-0.2, 0) is 0 Å². The zero-order valence-electron chi connectivity index (χ0n) is 8.56. The predicted octanol–water partition coefficient (Wildman–Crippen LogP) is 3.51. The maximum absolute atomic E-state index is 11.8. The summed E-state index contributed by atoms with van der Waals surface area (Å²) >= 11 is 4.16. The first-order valence-corrected chi connectivity index (χ1v) is 6.92. The monoisotopic (exact) mass is 451 g/mol. The Bertz CT molecular complexity index is 543. The van der Waals surface area contributed by atoms with Gasteiger partial charge in [-0.1, -0.05) is 18.2 Å². The first kappa shape index (κ1) is 12.7. The molecule has 2 aromatic rings. The summed E-state index contributed by atoms with van der Waals surface area (Å²) in [5.41, 5.74) is 0.529. The molecule has 0 aliphatic rings. The second kappa shape index (κ2) is 5.76. The number of halogens is 2. The Hall–Kier alpha value is -0.700. The van der Waals surface area contributed by atoms with Crippen LogP contribution in [0.4, 0.5) is 0 Å². The Balaban J connectivity index is 2.19. The Morgan fingerprint density at radius 2 is 1.76 bits per heavy atom. The van der Waals surface area contributed by atoms with Gasteiger partial charge in [-0.25, -0.2) is 9.78 Å². The minimum atomic E-state index is -0.369. The SMILES string of the molecule is O=C(Oc1ccc(I)nc1I)c1ccccc1. The van der Waals surface area contributed by atoms with Crippen LogP contribution >= 0.6 is 45.2 Å². The summed E-state index contributed by atoms with van der Waals surface area (Å²) in [6.45, 7) is 0. The molecule has 1 aromatic carbocycles. The molecule has 0 bridgehead atoms. The average molecular weight is 451 g/mol. The van der Waals surface area contributed by atoms with Gasteiger partial charge < -0.3 is 4.74 Å². The average Bonchev–Trinajstić information content (AvgIpc) is 2.34. The van der Waals surface area contributed by atoms with Crippen LogP contribution < -0.4 is 4.74 Å². The second-order valence-electron chi connectivity index (χ2n) is 3.18. The van der Waals surface area contributed by atoms with E-state index in [1.54, 1.807) is 36.4 Å². The van der Waals surface area contributed by atoms with Gasteiger partial charge in [0.15, 0.2) is 5.75 Å². The highest BCUT2D eigenvalue weighted by Gasteiger charge is 2.10. The molecule has 5 heteroatoms. The first-order chi connectivity index (χ1) is 8.16. The van der Waals surface area contributed by atoms with Gasteiger partial charge in [-0.05, 0) is 69.4 Å². The van der Waals surface area contributed by atoms with Crippen molar-refractivity contribution in [2.45, 2.75) is 0 Å². The van der Waals surface area contributed by atoms with Crippen LogP contribution in [0.5, 0.6) is 5.75 Å². The van der Waals surface area contributed by atoms with Crippen molar-refractivity contribution in [2.24, 2.45) is 0 Å². The number of hydrogen-bond acceptors (Lipinski definition) is 3. The summed E-state index contributed by atoms with van der Waals surface area (Å²) in [5, 5.41) is 0. The molecule has 0 saturated carbocycles. The highest BCUT2D eigenvalue weighted by atomic mass is 127. The molecule has 0 fully saturated rings. The van der Waals surface area contributed by atoms with Crippen molar-refractivity contribution in [3.8, 4) is 5.75 Å². The van der Waals surface area contributed by atoms with E-state index < -0.39 is 0 Å². The summed E-state index contributed by atoms with van der Waals surface area (Å²) in [4.78, 5) is 16.0. The van der Waals surface area contributed by atoms with Gasteiger partial charge in [0, 0.05) is 0 Å². The molecule has 0 spiro atoms. The molecular formula is C12H7I2NO2. The van der Waals surface area contributed by atoms with E-state index in [0.29, 0.717) is 15.0 Å². The molecule has 0 radical (unpaired) electrons. The maximum atomic E-state index is 11.8. The number of esters is 1. The summed E-state index contributed by atoms with van der Waals surface area (Å²) in [6.07, 6.45) is 0. The minimum absolute atomic E-state index is 0.369. The normalized spacial score (nSPS) is 10.0. The van der Waals surface area contributed by atoms with Crippen molar-refractivity contribution >= 4 is 51.2 Å². The second-order valence-corrected chi connectivity index (χ2v) is 5.31. The highest BCUT2D eigenvalue weighted by Crippen LogP contribution is 2.20. The van der Waals surface area contributed by atoms with E-state index in [9.17, 15) is 4.79 Å². The zero-order valence-corrected chi connectivity index (χ0v) is 12.9. The van der Waals surface area contributed by atoms with E-state index >= 15 is 0 Å². The van der Waals surface area contributed by atoms with E-state index in [4.69, 9.17) is 4.74 Å². The lowest BCUT2D eigenvalue weighted by Gasteiger charge is -2.05. The van der Waals surface area contributed by atoms with Crippen LogP contribution in [0.3, 0.4) is 0 Å². The number of ether oxygens (including phenoxy) is 1. The van der Waals surface area contributed by atoms with Crippen molar-refractivity contribution in [1.82, 2.24) is 4.98 Å². The van der Waals surface area contributed by atoms with Crippen LogP contribution in [0, 0.1) is 7.40 Å². The molecule has 0 aliphatic carbocycles. The van der Waals surface area contributed by atoms with Gasteiger partial charge in [-0.15, -0.1) is 0 Å². The number of aromatic nitrogens is 1. The summed E-state index contributed by atoms with van der Waals surface area (Å²) in [5.74, 6) is 0.117. The summed E-state index contributed by atoms with van der Waals surface area (Å²) in [6, 6.07) is 12.4. The third-order valence-electron chi connectivity index (χ3n) is 1.99. The first-order valence-electron chi connectivity index (χ1n) is 4.76. The molecular weight excluding hydrogens is 444 g/mol. The molecule has 3 nitrogen and oxygen atoms in total. The van der Waals surface area contributed by atoms with Crippen LogP contribution in [-0.4, -0.2) is 11.0 Å². The number of carbonyl (C=O) groups is 1. The third kappa shape index (κ3) is 3.38. The van der Waals surface area contributed by atoms with Gasteiger partial charge in [0.2, 0.25) is 0 Å². The van der Waals surface area contributed by atoms with Crippen LogP contribution in [0.25, 0.3) is 0 Å². The van der Waals surface area contributed by atoms with Gasteiger partial charge in [0.25, 0.3) is 0 Å². The van der Waals surface area contributed by atoms with E-state index in [-0.39, 0.29) is 5.97 Å². The Morgan fingerprint density at radius 1 is 1.06 bits per heavy atom. The summed E-state index contributed by atoms with van der Waals surface area (Å²) in [7, 11) is 0. The van der Waals surface area contributed by atoms with Crippen molar-refractivity contribution in [1.29, 1.82) is 0 Å². The van der Waals surface area contributed by atoms with Crippen LogP contribution in [0.2, 0.25) is 0 Å². The lowest BCUT2D eigenvalue weighted by Crippen LogP contribution is -2.09. The Kier molecular flexibility index (Phi) is 4.32. The molecule has 1 aromatic heterocycles. The van der Waals surface area contributed by atoms with E-state index in [1.165, 1.54) is 0 Å².